The standard InChI is InChI=1S/C24H23N5O7S/c1-5-17(30)28-15-10-8-7-9-13(15)19-22(25-24(37-4)27-26-19)36-23(28)14-11-12-16(35-18(31)6-2)21(34-3)20(14)29(32)33/h7-12,23H,5-6H2,1-4H3. The van der Waals surface area contributed by atoms with Gasteiger partial charge in [0.05, 0.1) is 23.3 Å². The van der Waals surface area contributed by atoms with Gasteiger partial charge in [0, 0.05) is 18.4 Å². The number of fused-ring (bicyclic) bond motifs is 3. The van der Waals surface area contributed by atoms with Gasteiger partial charge in [0.15, 0.2) is 11.4 Å². The molecule has 13 heteroatoms. The van der Waals surface area contributed by atoms with Crippen molar-refractivity contribution in [3.8, 4) is 28.6 Å². The van der Waals surface area contributed by atoms with Crippen molar-refractivity contribution in [3.05, 3.63) is 52.1 Å². The molecule has 1 atom stereocenters. The van der Waals surface area contributed by atoms with Gasteiger partial charge >= 0.3 is 11.7 Å². The fraction of sp³-hybridized carbons (Fsp3) is 0.292. The van der Waals surface area contributed by atoms with Crippen LogP contribution >= 0.6 is 11.8 Å². The van der Waals surface area contributed by atoms with Crippen LogP contribution in [0.25, 0.3) is 11.3 Å². The van der Waals surface area contributed by atoms with Crippen LogP contribution in [0.15, 0.2) is 41.6 Å². The summed E-state index contributed by atoms with van der Waals surface area (Å²) in [4.78, 5) is 42.7. The van der Waals surface area contributed by atoms with E-state index in [9.17, 15) is 19.7 Å². The van der Waals surface area contributed by atoms with Crippen molar-refractivity contribution < 1.29 is 28.7 Å². The van der Waals surface area contributed by atoms with Crippen molar-refractivity contribution >= 4 is 35.0 Å². The number of esters is 1. The van der Waals surface area contributed by atoms with E-state index >= 15 is 0 Å². The first kappa shape index (κ1) is 25.8. The number of benzene rings is 2. The van der Waals surface area contributed by atoms with E-state index in [1.165, 1.54) is 35.9 Å². The third-order valence-electron chi connectivity index (χ3n) is 5.56. The molecule has 1 aromatic heterocycles. The molecule has 0 bridgehead atoms. The summed E-state index contributed by atoms with van der Waals surface area (Å²) in [6, 6.07) is 9.68. The van der Waals surface area contributed by atoms with Crippen molar-refractivity contribution in [3.63, 3.8) is 0 Å². The molecule has 12 nitrogen and oxygen atoms in total. The Morgan fingerprint density at radius 1 is 1.16 bits per heavy atom. The highest BCUT2D eigenvalue weighted by atomic mass is 32.2. The minimum Gasteiger partial charge on any atom is -0.488 e. The Morgan fingerprint density at radius 2 is 1.92 bits per heavy atom. The summed E-state index contributed by atoms with van der Waals surface area (Å²) in [6.07, 6.45) is 0.578. The lowest BCUT2D eigenvalue weighted by Crippen LogP contribution is -2.37. The first-order valence-corrected chi connectivity index (χ1v) is 12.5. The Kier molecular flexibility index (Phi) is 7.53. The van der Waals surface area contributed by atoms with Crippen LogP contribution < -0.4 is 19.1 Å². The summed E-state index contributed by atoms with van der Waals surface area (Å²) < 4.78 is 16.8. The van der Waals surface area contributed by atoms with E-state index in [-0.39, 0.29) is 47.4 Å². The van der Waals surface area contributed by atoms with E-state index < -0.39 is 22.8 Å². The molecule has 3 aromatic rings. The summed E-state index contributed by atoms with van der Waals surface area (Å²) in [6.45, 7) is 3.27. The smallest absolute Gasteiger partial charge is 0.323 e. The Morgan fingerprint density at radius 3 is 2.57 bits per heavy atom. The summed E-state index contributed by atoms with van der Waals surface area (Å²) in [5.74, 6) is -1.30. The Balaban J connectivity index is 2.02. The number of hydrogen-bond acceptors (Lipinski definition) is 11. The minimum absolute atomic E-state index is 0.00749. The summed E-state index contributed by atoms with van der Waals surface area (Å²) in [5.41, 5.74) is 0.703. The van der Waals surface area contributed by atoms with E-state index in [0.717, 1.165) is 0 Å². The van der Waals surface area contributed by atoms with Gasteiger partial charge in [-0.1, -0.05) is 43.8 Å². The number of rotatable bonds is 7. The zero-order valence-electron chi connectivity index (χ0n) is 20.5. The van der Waals surface area contributed by atoms with E-state index in [4.69, 9.17) is 14.2 Å². The van der Waals surface area contributed by atoms with Crippen LogP contribution in [0, 0.1) is 10.1 Å². The second kappa shape index (κ2) is 10.8. The molecule has 0 N–H and O–H groups in total. The maximum absolute atomic E-state index is 13.3. The molecule has 2 aromatic carbocycles. The zero-order chi connectivity index (χ0) is 26.7. The molecule has 0 saturated carbocycles. The first-order valence-electron chi connectivity index (χ1n) is 11.3. The highest BCUT2D eigenvalue weighted by molar-refractivity contribution is 7.98. The maximum Gasteiger partial charge on any atom is 0.323 e. The molecule has 2 heterocycles. The number of amides is 1. The molecule has 0 radical (unpaired) electrons. The highest BCUT2D eigenvalue weighted by Crippen LogP contribution is 2.48. The number of nitrogens with zero attached hydrogens (tertiary/aromatic N) is 5. The lowest BCUT2D eigenvalue weighted by molar-refractivity contribution is -0.387. The van der Waals surface area contributed by atoms with E-state index in [0.29, 0.717) is 16.4 Å². The molecule has 37 heavy (non-hydrogen) atoms. The van der Waals surface area contributed by atoms with E-state index in [1.807, 2.05) is 0 Å². The van der Waals surface area contributed by atoms with Crippen LogP contribution in [-0.4, -0.2) is 45.3 Å². The van der Waals surface area contributed by atoms with Gasteiger partial charge in [-0.25, -0.2) is 0 Å². The molecule has 0 spiro atoms. The van der Waals surface area contributed by atoms with Gasteiger partial charge in [0.25, 0.3) is 0 Å². The summed E-state index contributed by atoms with van der Waals surface area (Å²) in [5, 5.41) is 21.1. The molecular formula is C24H23N5O7S. The molecule has 0 saturated heterocycles. The lowest BCUT2D eigenvalue weighted by Gasteiger charge is -2.30. The fourth-order valence-corrected chi connectivity index (χ4v) is 4.17. The van der Waals surface area contributed by atoms with Gasteiger partial charge in [0.1, 0.15) is 0 Å². The number of ether oxygens (including phenoxy) is 3. The van der Waals surface area contributed by atoms with Gasteiger partial charge in [-0.15, -0.1) is 10.2 Å². The Labute approximate surface area is 216 Å². The number of carbonyl (C=O) groups is 2. The van der Waals surface area contributed by atoms with Crippen molar-refractivity contribution in [2.24, 2.45) is 0 Å². The van der Waals surface area contributed by atoms with E-state index in [1.54, 1.807) is 44.4 Å². The monoisotopic (exact) mass is 525 g/mol. The largest absolute Gasteiger partial charge is 0.488 e. The summed E-state index contributed by atoms with van der Waals surface area (Å²) >= 11 is 1.24. The Hall–Kier alpha value is -4.26. The molecule has 192 valence electrons. The molecule has 1 amide bonds. The van der Waals surface area contributed by atoms with Crippen molar-refractivity contribution in [1.82, 2.24) is 15.2 Å². The number of aromatic nitrogens is 3. The molecule has 0 aliphatic carbocycles. The SMILES string of the molecule is CCC(=O)Oc1ccc(C2Oc3nc(SC)nnc3-c3ccccc3N2C(=O)CC)c([N+](=O)[O-])c1OC. The number of methoxy groups -OCH3 is 1. The van der Waals surface area contributed by atoms with Gasteiger partial charge in [-0.3, -0.25) is 24.6 Å². The van der Waals surface area contributed by atoms with Gasteiger partial charge in [-0.2, -0.15) is 4.98 Å². The number of carbonyl (C=O) groups excluding carboxylic acids is 2. The topological polar surface area (TPSA) is 147 Å². The third-order valence-corrected chi connectivity index (χ3v) is 6.10. The van der Waals surface area contributed by atoms with Crippen LogP contribution in [0.4, 0.5) is 11.4 Å². The number of hydrogen-bond donors (Lipinski definition) is 0. The number of para-hydroxylation sites is 1. The van der Waals surface area contributed by atoms with Crippen LogP contribution in [0.2, 0.25) is 0 Å². The number of nitro benzene ring substituents is 1. The number of anilines is 1. The van der Waals surface area contributed by atoms with Gasteiger partial charge < -0.3 is 14.2 Å². The normalized spacial score (nSPS) is 14.1. The van der Waals surface area contributed by atoms with Gasteiger partial charge in [-0.05, 0) is 24.5 Å². The van der Waals surface area contributed by atoms with Crippen LogP contribution in [-0.2, 0) is 9.59 Å². The predicted octanol–water partition coefficient (Wildman–Crippen LogP) is 4.33. The lowest BCUT2D eigenvalue weighted by atomic mass is 10.1. The first-order chi connectivity index (χ1) is 17.8. The third kappa shape index (κ3) is 4.77. The van der Waals surface area contributed by atoms with Crippen LogP contribution in [0.5, 0.6) is 17.4 Å². The number of nitro groups is 1. The van der Waals surface area contributed by atoms with Crippen LogP contribution in [0.3, 0.4) is 0 Å². The highest BCUT2D eigenvalue weighted by Gasteiger charge is 2.40. The number of thioether (sulfide) groups is 1. The molecule has 0 fully saturated rings. The van der Waals surface area contributed by atoms with Crippen molar-refractivity contribution in [2.45, 2.75) is 38.1 Å². The maximum atomic E-state index is 13.3. The van der Waals surface area contributed by atoms with Crippen molar-refractivity contribution in [2.75, 3.05) is 18.3 Å². The molecule has 1 aliphatic heterocycles. The zero-order valence-corrected chi connectivity index (χ0v) is 21.3. The Bertz CT molecular complexity index is 1380. The van der Waals surface area contributed by atoms with Gasteiger partial charge in [0.2, 0.25) is 28.9 Å². The fourth-order valence-electron chi connectivity index (χ4n) is 3.87. The second-order valence-electron chi connectivity index (χ2n) is 7.68. The predicted molar refractivity (Wildman–Crippen MR) is 134 cm³/mol. The molecule has 1 aliphatic rings. The average Bonchev–Trinajstić information content (AvgIpc) is 3.06. The molecule has 4 rings (SSSR count). The quantitative estimate of drug-likeness (QED) is 0.143. The minimum atomic E-state index is -1.33. The summed E-state index contributed by atoms with van der Waals surface area (Å²) in [7, 11) is 1.23. The average molecular weight is 526 g/mol. The van der Waals surface area contributed by atoms with Crippen molar-refractivity contribution in [1.29, 1.82) is 0 Å². The molecular weight excluding hydrogens is 502 g/mol. The van der Waals surface area contributed by atoms with E-state index in [2.05, 4.69) is 15.2 Å². The van der Waals surface area contributed by atoms with Crippen LogP contribution in [0.1, 0.15) is 38.5 Å². The molecule has 1 unspecified atom stereocenters. The second-order valence-corrected chi connectivity index (χ2v) is 8.45.